The van der Waals surface area contributed by atoms with Gasteiger partial charge in [-0.25, -0.2) is 0 Å². The lowest BCUT2D eigenvalue weighted by atomic mass is 10.1. The Kier molecular flexibility index (Phi) is 5.03. The molecule has 0 radical (unpaired) electrons. The number of rotatable bonds is 5. The van der Waals surface area contributed by atoms with Crippen LogP contribution >= 0.6 is 15.9 Å². The lowest BCUT2D eigenvalue weighted by Gasteiger charge is -2.26. The summed E-state index contributed by atoms with van der Waals surface area (Å²) in [5, 5.41) is 0. The van der Waals surface area contributed by atoms with Gasteiger partial charge in [-0.1, -0.05) is 15.9 Å². The molecule has 3 nitrogen and oxygen atoms in total. The first-order chi connectivity index (χ1) is 8.72. The van der Waals surface area contributed by atoms with Gasteiger partial charge in [-0.05, 0) is 43.5 Å². The van der Waals surface area contributed by atoms with E-state index in [9.17, 15) is 0 Å². The lowest BCUT2D eigenvalue weighted by molar-refractivity contribution is 0.115. The van der Waals surface area contributed by atoms with Gasteiger partial charge in [0, 0.05) is 36.4 Å². The fraction of sp³-hybridized carbons (Fsp3) is 0.571. The molecule has 1 aliphatic heterocycles. The Hall–Kier alpha value is -0.580. The standard InChI is InChI=1S/C14H21BrN2O/c1-2-17(10-14-4-3-5-18-14)13-7-11(9-16)6-12(15)8-13/h6-8,14H,2-5,9-10,16H2,1H3. The van der Waals surface area contributed by atoms with E-state index in [0.29, 0.717) is 12.6 Å². The Labute approximate surface area is 117 Å². The van der Waals surface area contributed by atoms with E-state index in [4.69, 9.17) is 10.5 Å². The number of hydrogen-bond acceptors (Lipinski definition) is 3. The van der Waals surface area contributed by atoms with Crippen LogP contribution in [0.5, 0.6) is 0 Å². The van der Waals surface area contributed by atoms with Crippen LogP contribution in [-0.4, -0.2) is 25.8 Å². The SMILES string of the molecule is CCN(CC1CCCO1)c1cc(Br)cc(CN)c1. The van der Waals surface area contributed by atoms with Crippen molar-refractivity contribution in [2.24, 2.45) is 5.73 Å². The largest absolute Gasteiger partial charge is 0.376 e. The second kappa shape index (κ2) is 6.55. The first-order valence-corrected chi connectivity index (χ1v) is 7.38. The van der Waals surface area contributed by atoms with Crippen molar-refractivity contribution < 1.29 is 4.74 Å². The number of ether oxygens (including phenoxy) is 1. The van der Waals surface area contributed by atoms with Crippen molar-refractivity contribution >= 4 is 21.6 Å². The predicted octanol–water partition coefficient (Wildman–Crippen LogP) is 2.91. The summed E-state index contributed by atoms with van der Waals surface area (Å²) < 4.78 is 6.80. The maximum Gasteiger partial charge on any atom is 0.0750 e. The van der Waals surface area contributed by atoms with Crippen molar-refractivity contribution in [3.8, 4) is 0 Å². The summed E-state index contributed by atoms with van der Waals surface area (Å²) in [5.41, 5.74) is 8.11. The first kappa shape index (κ1) is 13.8. The number of anilines is 1. The Morgan fingerprint density at radius 1 is 1.44 bits per heavy atom. The first-order valence-electron chi connectivity index (χ1n) is 6.59. The van der Waals surface area contributed by atoms with Gasteiger partial charge in [-0.3, -0.25) is 0 Å². The van der Waals surface area contributed by atoms with Crippen molar-refractivity contribution in [2.75, 3.05) is 24.6 Å². The Balaban J connectivity index is 2.12. The molecule has 1 aromatic carbocycles. The van der Waals surface area contributed by atoms with E-state index in [1.165, 1.54) is 18.5 Å². The van der Waals surface area contributed by atoms with Gasteiger partial charge in [-0.2, -0.15) is 0 Å². The zero-order valence-corrected chi connectivity index (χ0v) is 12.4. The maximum atomic E-state index is 5.73. The van der Waals surface area contributed by atoms with Crippen LogP contribution in [0.4, 0.5) is 5.69 Å². The molecular formula is C14H21BrN2O. The van der Waals surface area contributed by atoms with Crippen molar-refractivity contribution in [1.82, 2.24) is 0 Å². The molecule has 0 aliphatic carbocycles. The summed E-state index contributed by atoms with van der Waals surface area (Å²) in [6, 6.07) is 6.39. The molecule has 1 atom stereocenters. The highest BCUT2D eigenvalue weighted by atomic mass is 79.9. The molecule has 1 aliphatic rings. The van der Waals surface area contributed by atoms with Gasteiger partial charge in [0.25, 0.3) is 0 Å². The van der Waals surface area contributed by atoms with Crippen LogP contribution in [-0.2, 0) is 11.3 Å². The van der Waals surface area contributed by atoms with Crippen molar-refractivity contribution in [3.63, 3.8) is 0 Å². The van der Waals surface area contributed by atoms with Crippen LogP contribution in [0.15, 0.2) is 22.7 Å². The van der Waals surface area contributed by atoms with Crippen LogP contribution in [0, 0.1) is 0 Å². The van der Waals surface area contributed by atoms with Crippen LogP contribution in [0.3, 0.4) is 0 Å². The second-order valence-electron chi connectivity index (χ2n) is 4.70. The fourth-order valence-corrected chi connectivity index (χ4v) is 2.91. The number of nitrogens with two attached hydrogens (primary N) is 1. The molecule has 0 saturated carbocycles. The highest BCUT2D eigenvalue weighted by molar-refractivity contribution is 9.10. The van der Waals surface area contributed by atoms with E-state index >= 15 is 0 Å². The second-order valence-corrected chi connectivity index (χ2v) is 5.61. The molecule has 1 unspecified atom stereocenters. The van der Waals surface area contributed by atoms with Crippen LogP contribution in [0.25, 0.3) is 0 Å². The van der Waals surface area contributed by atoms with Gasteiger partial charge < -0.3 is 15.4 Å². The minimum atomic E-state index is 0.380. The zero-order chi connectivity index (χ0) is 13.0. The maximum absolute atomic E-state index is 5.73. The van der Waals surface area contributed by atoms with Crippen LogP contribution in [0.1, 0.15) is 25.3 Å². The molecule has 4 heteroatoms. The van der Waals surface area contributed by atoms with Crippen molar-refractivity contribution in [2.45, 2.75) is 32.4 Å². The average molecular weight is 313 g/mol. The predicted molar refractivity (Wildman–Crippen MR) is 78.9 cm³/mol. The van der Waals surface area contributed by atoms with Crippen molar-refractivity contribution in [1.29, 1.82) is 0 Å². The molecule has 1 saturated heterocycles. The molecule has 0 bridgehead atoms. The number of benzene rings is 1. The van der Waals surface area contributed by atoms with Gasteiger partial charge in [0.15, 0.2) is 0 Å². The van der Waals surface area contributed by atoms with Crippen molar-refractivity contribution in [3.05, 3.63) is 28.2 Å². The van der Waals surface area contributed by atoms with Gasteiger partial charge in [0.05, 0.1) is 6.10 Å². The Morgan fingerprint density at radius 2 is 2.28 bits per heavy atom. The summed E-state index contributed by atoms with van der Waals surface area (Å²) >= 11 is 3.55. The molecule has 0 aromatic heterocycles. The number of nitrogens with zero attached hydrogens (tertiary/aromatic N) is 1. The summed E-state index contributed by atoms with van der Waals surface area (Å²) in [5.74, 6) is 0. The van der Waals surface area contributed by atoms with E-state index in [2.05, 4.69) is 46.0 Å². The quantitative estimate of drug-likeness (QED) is 0.908. The van der Waals surface area contributed by atoms with E-state index in [1.54, 1.807) is 0 Å². The summed E-state index contributed by atoms with van der Waals surface area (Å²) in [4.78, 5) is 2.36. The lowest BCUT2D eigenvalue weighted by Crippen LogP contribution is -2.32. The molecule has 0 spiro atoms. The number of hydrogen-bond donors (Lipinski definition) is 1. The van der Waals surface area contributed by atoms with E-state index in [0.717, 1.165) is 29.7 Å². The van der Waals surface area contributed by atoms with E-state index in [-0.39, 0.29) is 0 Å². The number of halogens is 1. The zero-order valence-electron chi connectivity index (χ0n) is 10.9. The third-order valence-corrected chi connectivity index (χ3v) is 3.83. The topological polar surface area (TPSA) is 38.5 Å². The molecule has 1 heterocycles. The van der Waals surface area contributed by atoms with Crippen LogP contribution < -0.4 is 10.6 Å². The highest BCUT2D eigenvalue weighted by Crippen LogP contribution is 2.24. The molecule has 1 fully saturated rings. The molecule has 0 amide bonds. The molecule has 18 heavy (non-hydrogen) atoms. The molecular weight excluding hydrogens is 292 g/mol. The third kappa shape index (κ3) is 3.46. The highest BCUT2D eigenvalue weighted by Gasteiger charge is 2.19. The summed E-state index contributed by atoms with van der Waals surface area (Å²) in [7, 11) is 0. The van der Waals surface area contributed by atoms with Gasteiger partial charge in [0.1, 0.15) is 0 Å². The minimum Gasteiger partial charge on any atom is -0.376 e. The monoisotopic (exact) mass is 312 g/mol. The molecule has 2 N–H and O–H groups in total. The van der Waals surface area contributed by atoms with E-state index < -0.39 is 0 Å². The Bertz CT molecular complexity index is 391. The van der Waals surface area contributed by atoms with E-state index in [1.807, 2.05) is 0 Å². The average Bonchev–Trinajstić information content (AvgIpc) is 2.88. The normalized spacial score (nSPS) is 19.2. The van der Waals surface area contributed by atoms with Gasteiger partial charge >= 0.3 is 0 Å². The molecule has 1 aromatic rings. The Morgan fingerprint density at radius 3 is 2.89 bits per heavy atom. The molecule has 100 valence electrons. The summed E-state index contributed by atoms with van der Waals surface area (Å²) in [6.45, 7) is 5.62. The minimum absolute atomic E-state index is 0.380. The van der Waals surface area contributed by atoms with Gasteiger partial charge in [0.2, 0.25) is 0 Å². The summed E-state index contributed by atoms with van der Waals surface area (Å²) in [6.07, 6.45) is 2.74. The number of likely N-dealkylation sites (N-methyl/N-ethyl adjacent to an activating group) is 1. The third-order valence-electron chi connectivity index (χ3n) is 3.37. The molecule has 2 rings (SSSR count). The fourth-order valence-electron chi connectivity index (χ4n) is 2.38. The van der Waals surface area contributed by atoms with Crippen LogP contribution in [0.2, 0.25) is 0 Å². The van der Waals surface area contributed by atoms with Gasteiger partial charge in [-0.15, -0.1) is 0 Å². The smallest absolute Gasteiger partial charge is 0.0750 e.